The van der Waals surface area contributed by atoms with E-state index in [-0.39, 0.29) is 24.1 Å². The topological polar surface area (TPSA) is 78.5 Å². The summed E-state index contributed by atoms with van der Waals surface area (Å²) in [5.74, 6) is -1.03. The molecule has 1 heterocycles. The van der Waals surface area contributed by atoms with E-state index >= 15 is 0 Å². The van der Waals surface area contributed by atoms with Gasteiger partial charge in [0.05, 0.1) is 5.92 Å². The summed E-state index contributed by atoms with van der Waals surface area (Å²) in [6.07, 6.45) is 0.477. The van der Waals surface area contributed by atoms with E-state index in [9.17, 15) is 14.4 Å². The quantitative estimate of drug-likeness (QED) is 0.796. The number of carbonyl (C=O) groups is 3. The van der Waals surface area contributed by atoms with Crippen molar-refractivity contribution in [2.75, 3.05) is 6.54 Å². The maximum Gasteiger partial charge on any atom is 0.243 e. The molecule has 1 aromatic rings. The first-order valence-electron chi connectivity index (χ1n) is 7.00. The van der Waals surface area contributed by atoms with Gasteiger partial charge >= 0.3 is 0 Å². The lowest BCUT2D eigenvalue weighted by molar-refractivity contribution is -0.131. The van der Waals surface area contributed by atoms with Crippen LogP contribution in [0.15, 0.2) is 30.3 Å². The monoisotopic (exact) mass is 289 g/mol. The molecule has 1 atom stereocenters. The van der Waals surface area contributed by atoms with Crippen LogP contribution in [-0.4, -0.2) is 29.2 Å². The minimum atomic E-state index is -0.418. The summed E-state index contributed by atoms with van der Waals surface area (Å²) in [5.41, 5.74) is 5.72. The van der Waals surface area contributed by atoms with Crippen molar-refractivity contribution in [1.82, 2.24) is 15.8 Å². The fourth-order valence-electron chi connectivity index (χ4n) is 2.23. The minimum Gasteiger partial charge on any atom is -0.338 e. The van der Waals surface area contributed by atoms with Crippen LogP contribution < -0.4 is 10.9 Å². The van der Waals surface area contributed by atoms with Gasteiger partial charge in [-0.15, -0.1) is 0 Å². The molecule has 1 fully saturated rings. The molecule has 0 radical (unpaired) electrons. The molecule has 1 aliphatic heterocycles. The van der Waals surface area contributed by atoms with Crippen molar-refractivity contribution in [2.45, 2.75) is 26.3 Å². The lowest BCUT2D eigenvalue weighted by Crippen LogP contribution is -2.44. The van der Waals surface area contributed by atoms with Crippen LogP contribution in [0.3, 0.4) is 0 Å². The highest BCUT2D eigenvalue weighted by Gasteiger charge is 2.34. The van der Waals surface area contributed by atoms with Gasteiger partial charge in [0, 0.05) is 25.9 Å². The van der Waals surface area contributed by atoms with Gasteiger partial charge in [-0.05, 0) is 5.56 Å². The third-order valence-electron chi connectivity index (χ3n) is 3.45. The first kappa shape index (κ1) is 15.0. The Bertz CT molecular complexity index is 530. The predicted molar refractivity (Wildman–Crippen MR) is 76.5 cm³/mol. The van der Waals surface area contributed by atoms with Crippen LogP contribution in [0.1, 0.15) is 25.3 Å². The lowest BCUT2D eigenvalue weighted by atomic mass is 10.1. The smallest absolute Gasteiger partial charge is 0.243 e. The SMILES string of the molecule is CCC(=O)NNC(=O)[C@H]1CC(=O)N(Cc2ccccc2)C1. The number of amides is 3. The van der Waals surface area contributed by atoms with Crippen LogP contribution in [-0.2, 0) is 20.9 Å². The summed E-state index contributed by atoms with van der Waals surface area (Å²) < 4.78 is 0. The van der Waals surface area contributed by atoms with Crippen molar-refractivity contribution in [1.29, 1.82) is 0 Å². The summed E-state index contributed by atoms with van der Waals surface area (Å²) in [6, 6.07) is 9.65. The minimum absolute atomic E-state index is 0.0409. The number of nitrogens with zero attached hydrogens (tertiary/aromatic N) is 1. The van der Waals surface area contributed by atoms with Crippen molar-refractivity contribution in [3.63, 3.8) is 0 Å². The molecule has 0 unspecified atom stereocenters. The summed E-state index contributed by atoms with van der Waals surface area (Å²) in [6.45, 7) is 2.58. The Morgan fingerprint density at radius 1 is 1.24 bits per heavy atom. The molecule has 1 aliphatic rings. The summed E-state index contributed by atoms with van der Waals surface area (Å²) >= 11 is 0. The van der Waals surface area contributed by atoms with Crippen LogP contribution in [0.2, 0.25) is 0 Å². The van der Waals surface area contributed by atoms with E-state index in [2.05, 4.69) is 10.9 Å². The number of carbonyl (C=O) groups excluding carboxylic acids is 3. The second-order valence-corrected chi connectivity index (χ2v) is 5.05. The highest BCUT2D eigenvalue weighted by Crippen LogP contribution is 2.20. The van der Waals surface area contributed by atoms with Crippen molar-refractivity contribution >= 4 is 17.7 Å². The Labute approximate surface area is 123 Å². The zero-order valence-electron chi connectivity index (χ0n) is 12.0. The Morgan fingerprint density at radius 2 is 1.95 bits per heavy atom. The van der Waals surface area contributed by atoms with Gasteiger partial charge in [0.1, 0.15) is 0 Å². The normalized spacial score (nSPS) is 17.7. The van der Waals surface area contributed by atoms with E-state index in [1.807, 2.05) is 30.3 Å². The van der Waals surface area contributed by atoms with E-state index < -0.39 is 5.92 Å². The third kappa shape index (κ3) is 4.05. The van der Waals surface area contributed by atoms with Crippen molar-refractivity contribution in [3.8, 4) is 0 Å². The molecule has 0 aromatic heterocycles. The average Bonchev–Trinajstić information content (AvgIpc) is 2.86. The average molecular weight is 289 g/mol. The molecular weight excluding hydrogens is 270 g/mol. The number of hydrogen-bond donors (Lipinski definition) is 2. The van der Waals surface area contributed by atoms with Crippen molar-refractivity contribution in [2.24, 2.45) is 5.92 Å². The van der Waals surface area contributed by atoms with Crippen molar-refractivity contribution in [3.05, 3.63) is 35.9 Å². The Kier molecular flexibility index (Phi) is 4.92. The number of rotatable bonds is 4. The van der Waals surface area contributed by atoms with Crippen LogP contribution in [0.5, 0.6) is 0 Å². The zero-order valence-corrected chi connectivity index (χ0v) is 12.0. The van der Waals surface area contributed by atoms with Gasteiger partial charge in [-0.25, -0.2) is 0 Å². The Balaban J connectivity index is 1.87. The number of benzene rings is 1. The summed E-state index contributed by atoms with van der Waals surface area (Å²) in [4.78, 5) is 36.6. The molecule has 0 bridgehead atoms. The lowest BCUT2D eigenvalue weighted by Gasteiger charge is -2.16. The molecule has 21 heavy (non-hydrogen) atoms. The second kappa shape index (κ2) is 6.88. The molecule has 6 heteroatoms. The van der Waals surface area contributed by atoms with E-state index in [1.165, 1.54) is 0 Å². The molecular formula is C15H19N3O3. The Morgan fingerprint density at radius 3 is 2.62 bits per heavy atom. The second-order valence-electron chi connectivity index (χ2n) is 5.05. The number of nitrogens with one attached hydrogen (secondary N) is 2. The first-order chi connectivity index (χ1) is 10.1. The molecule has 0 aliphatic carbocycles. The fourth-order valence-corrected chi connectivity index (χ4v) is 2.23. The van der Waals surface area contributed by atoms with Gasteiger partial charge in [0.15, 0.2) is 0 Å². The zero-order chi connectivity index (χ0) is 15.2. The maximum atomic E-state index is 11.9. The fraction of sp³-hybridized carbons (Fsp3) is 0.400. The van der Waals surface area contributed by atoms with E-state index in [4.69, 9.17) is 0 Å². The molecule has 6 nitrogen and oxygen atoms in total. The Hall–Kier alpha value is -2.37. The molecule has 3 amide bonds. The first-order valence-corrected chi connectivity index (χ1v) is 7.00. The molecule has 2 N–H and O–H groups in total. The number of hydrazine groups is 1. The highest BCUT2D eigenvalue weighted by molar-refractivity contribution is 5.90. The van der Waals surface area contributed by atoms with E-state index in [0.29, 0.717) is 19.5 Å². The third-order valence-corrected chi connectivity index (χ3v) is 3.45. The molecule has 0 spiro atoms. The predicted octanol–water partition coefficient (Wildman–Crippen LogP) is 0.593. The summed E-state index contributed by atoms with van der Waals surface area (Å²) in [7, 11) is 0. The molecule has 2 rings (SSSR count). The molecule has 1 aromatic carbocycles. The van der Waals surface area contributed by atoms with Gasteiger partial charge < -0.3 is 4.90 Å². The highest BCUT2D eigenvalue weighted by atomic mass is 16.2. The standard InChI is InChI=1S/C15H19N3O3/c1-2-13(19)16-17-15(21)12-8-14(20)18(10-12)9-11-6-4-3-5-7-11/h3-7,12H,2,8-10H2,1H3,(H,16,19)(H,17,21)/t12-/m0/s1. The number of likely N-dealkylation sites (tertiary alicyclic amines) is 1. The maximum absolute atomic E-state index is 11.9. The molecule has 1 saturated heterocycles. The largest absolute Gasteiger partial charge is 0.338 e. The summed E-state index contributed by atoms with van der Waals surface area (Å²) in [5, 5.41) is 0. The van der Waals surface area contributed by atoms with Crippen LogP contribution >= 0.6 is 0 Å². The number of hydrogen-bond acceptors (Lipinski definition) is 3. The van der Waals surface area contributed by atoms with Crippen LogP contribution in [0.25, 0.3) is 0 Å². The van der Waals surface area contributed by atoms with E-state index in [0.717, 1.165) is 5.56 Å². The van der Waals surface area contributed by atoms with Gasteiger partial charge in [-0.1, -0.05) is 37.3 Å². The van der Waals surface area contributed by atoms with E-state index in [1.54, 1.807) is 11.8 Å². The van der Waals surface area contributed by atoms with Gasteiger partial charge in [0.2, 0.25) is 17.7 Å². The van der Waals surface area contributed by atoms with Gasteiger partial charge in [-0.2, -0.15) is 0 Å². The van der Waals surface area contributed by atoms with Gasteiger partial charge in [0.25, 0.3) is 0 Å². The molecule has 0 saturated carbocycles. The van der Waals surface area contributed by atoms with Crippen LogP contribution in [0.4, 0.5) is 0 Å². The van der Waals surface area contributed by atoms with Gasteiger partial charge in [-0.3, -0.25) is 25.2 Å². The molecule has 112 valence electrons. The van der Waals surface area contributed by atoms with Crippen molar-refractivity contribution < 1.29 is 14.4 Å². The van der Waals surface area contributed by atoms with Crippen LogP contribution in [0, 0.1) is 5.92 Å².